The molecule has 1 aliphatic heterocycles. The number of amides is 1. The quantitative estimate of drug-likeness (QED) is 0.819. The van der Waals surface area contributed by atoms with E-state index >= 15 is 0 Å². The van der Waals surface area contributed by atoms with E-state index in [9.17, 15) is 4.79 Å². The highest BCUT2D eigenvalue weighted by Gasteiger charge is 2.40. The van der Waals surface area contributed by atoms with Crippen molar-refractivity contribution in [3.05, 3.63) is 0 Å². The van der Waals surface area contributed by atoms with Gasteiger partial charge in [-0.15, -0.1) is 0 Å². The van der Waals surface area contributed by atoms with Crippen LogP contribution in [0.4, 0.5) is 0 Å². The van der Waals surface area contributed by atoms with Crippen LogP contribution >= 0.6 is 0 Å². The summed E-state index contributed by atoms with van der Waals surface area (Å²) in [5.41, 5.74) is 0.163. The van der Waals surface area contributed by atoms with Crippen LogP contribution in [0.15, 0.2) is 0 Å². The predicted molar refractivity (Wildman–Crippen MR) is 74.5 cm³/mol. The lowest BCUT2D eigenvalue weighted by atomic mass is 9.74. The maximum Gasteiger partial charge on any atom is 0.228 e. The summed E-state index contributed by atoms with van der Waals surface area (Å²) < 4.78 is 0. The van der Waals surface area contributed by atoms with Gasteiger partial charge in [0.1, 0.15) is 0 Å². The fourth-order valence-corrected chi connectivity index (χ4v) is 3.38. The Hall–Kier alpha value is -0.570. The van der Waals surface area contributed by atoms with Gasteiger partial charge in [-0.25, -0.2) is 0 Å². The van der Waals surface area contributed by atoms with Gasteiger partial charge >= 0.3 is 0 Å². The van der Waals surface area contributed by atoms with Crippen LogP contribution in [0.25, 0.3) is 0 Å². The Bertz CT molecular complexity index is 300. The first-order valence-corrected chi connectivity index (χ1v) is 7.47. The van der Waals surface area contributed by atoms with Crippen molar-refractivity contribution in [3.8, 4) is 0 Å². The van der Waals surface area contributed by atoms with Gasteiger partial charge in [0.05, 0.1) is 0 Å². The zero-order valence-corrected chi connectivity index (χ0v) is 12.2. The van der Waals surface area contributed by atoms with Crippen LogP contribution in [-0.2, 0) is 4.79 Å². The Kier molecular flexibility index (Phi) is 4.00. The molecule has 1 saturated heterocycles. The summed E-state index contributed by atoms with van der Waals surface area (Å²) >= 11 is 0. The second-order valence-corrected chi connectivity index (χ2v) is 6.72. The summed E-state index contributed by atoms with van der Waals surface area (Å²) in [4.78, 5) is 14.8. The van der Waals surface area contributed by atoms with Crippen molar-refractivity contribution in [3.63, 3.8) is 0 Å². The SMILES string of the molecule is CNC1(C)CCN(C(=O)C2(C)CCCCC2)CC1. The lowest BCUT2D eigenvalue weighted by molar-refractivity contribution is -0.144. The number of carbonyl (C=O) groups is 1. The summed E-state index contributed by atoms with van der Waals surface area (Å²) in [6.45, 7) is 6.29. The number of rotatable bonds is 2. The lowest BCUT2D eigenvalue weighted by Crippen LogP contribution is -2.54. The molecular formula is C15H28N2O. The van der Waals surface area contributed by atoms with Gasteiger partial charge in [-0.1, -0.05) is 26.2 Å². The molecule has 2 fully saturated rings. The van der Waals surface area contributed by atoms with Gasteiger partial charge in [0, 0.05) is 24.0 Å². The van der Waals surface area contributed by atoms with Crippen LogP contribution in [0.3, 0.4) is 0 Å². The lowest BCUT2D eigenvalue weighted by Gasteiger charge is -2.43. The molecule has 0 unspecified atom stereocenters. The maximum atomic E-state index is 12.7. The van der Waals surface area contributed by atoms with E-state index < -0.39 is 0 Å². The van der Waals surface area contributed by atoms with E-state index in [1.165, 1.54) is 19.3 Å². The number of hydrogen-bond donors (Lipinski definition) is 1. The van der Waals surface area contributed by atoms with Crippen molar-refractivity contribution < 1.29 is 4.79 Å². The molecule has 0 aromatic carbocycles. The fourth-order valence-electron chi connectivity index (χ4n) is 3.38. The van der Waals surface area contributed by atoms with Gasteiger partial charge in [-0.3, -0.25) is 4.79 Å². The topological polar surface area (TPSA) is 32.3 Å². The molecule has 0 aromatic rings. The van der Waals surface area contributed by atoms with Crippen LogP contribution in [0.1, 0.15) is 58.8 Å². The van der Waals surface area contributed by atoms with E-state index in [0.29, 0.717) is 5.91 Å². The minimum atomic E-state index is -0.0639. The van der Waals surface area contributed by atoms with E-state index in [1.807, 2.05) is 7.05 Å². The molecule has 2 aliphatic rings. The number of piperidine rings is 1. The third-order valence-corrected chi connectivity index (χ3v) is 5.23. The first kappa shape index (κ1) is 13.9. The van der Waals surface area contributed by atoms with E-state index in [4.69, 9.17) is 0 Å². The summed E-state index contributed by atoms with van der Waals surface area (Å²) in [6.07, 6.45) is 8.09. The van der Waals surface area contributed by atoms with Gasteiger partial charge in [0.2, 0.25) is 5.91 Å². The number of nitrogens with zero attached hydrogens (tertiary/aromatic N) is 1. The third-order valence-electron chi connectivity index (χ3n) is 5.23. The molecule has 0 spiro atoms. The fraction of sp³-hybridized carbons (Fsp3) is 0.933. The van der Waals surface area contributed by atoms with Crippen molar-refractivity contribution in [2.45, 2.75) is 64.3 Å². The minimum absolute atomic E-state index is 0.0639. The number of hydrogen-bond acceptors (Lipinski definition) is 2. The Morgan fingerprint density at radius 1 is 1.00 bits per heavy atom. The van der Waals surface area contributed by atoms with E-state index in [1.54, 1.807) is 0 Å². The molecule has 3 heteroatoms. The van der Waals surface area contributed by atoms with Crippen LogP contribution in [0.5, 0.6) is 0 Å². The molecule has 3 nitrogen and oxygen atoms in total. The average molecular weight is 252 g/mol. The second-order valence-electron chi connectivity index (χ2n) is 6.72. The maximum absolute atomic E-state index is 12.7. The van der Waals surface area contributed by atoms with Crippen LogP contribution in [0, 0.1) is 5.41 Å². The highest BCUT2D eigenvalue weighted by molar-refractivity contribution is 5.82. The molecule has 0 aromatic heterocycles. The normalized spacial score (nSPS) is 26.9. The molecule has 104 valence electrons. The zero-order chi connectivity index (χ0) is 13.2. The van der Waals surface area contributed by atoms with E-state index in [0.717, 1.165) is 38.8 Å². The van der Waals surface area contributed by atoms with Crippen molar-refractivity contribution >= 4 is 5.91 Å². The highest BCUT2D eigenvalue weighted by atomic mass is 16.2. The molecule has 1 heterocycles. The second kappa shape index (κ2) is 5.20. The van der Waals surface area contributed by atoms with Gasteiger partial charge < -0.3 is 10.2 Å². The predicted octanol–water partition coefficient (Wildman–Crippen LogP) is 2.56. The highest BCUT2D eigenvalue weighted by Crippen LogP contribution is 2.38. The van der Waals surface area contributed by atoms with E-state index in [-0.39, 0.29) is 11.0 Å². The van der Waals surface area contributed by atoms with Crippen molar-refractivity contribution in [2.75, 3.05) is 20.1 Å². The van der Waals surface area contributed by atoms with Crippen LogP contribution < -0.4 is 5.32 Å². The van der Waals surface area contributed by atoms with Gasteiger partial charge in [0.15, 0.2) is 0 Å². The average Bonchev–Trinajstić information content (AvgIpc) is 2.40. The number of likely N-dealkylation sites (tertiary alicyclic amines) is 1. The summed E-state index contributed by atoms with van der Waals surface area (Å²) in [5.74, 6) is 0.417. The number of nitrogens with one attached hydrogen (secondary N) is 1. The zero-order valence-electron chi connectivity index (χ0n) is 12.2. The van der Waals surface area contributed by atoms with E-state index in [2.05, 4.69) is 24.1 Å². The Labute approximate surface area is 111 Å². The minimum Gasteiger partial charge on any atom is -0.342 e. The molecule has 1 amide bonds. The third kappa shape index (κ3) is 2.71. The van der Waals surface area contributed by atoms with Gasteiger partial charge in [-0.05, 0) is 39.7 Å². The van der Waals surface area contributed by atoms with Crippen molar-refractivity contribution in [1.82, 2.24) is 10.2 Å². The number of carbonyl (C=O) groups excluding carboxylic acids is 1. The Morgan fingerprint density at radius 2 is 1.56 bits per heavy atom. The van der Waals surface area contributed by atoms with Gasteiger partial charge in [0.25, 0.3) is 0 Å². The molecule has 0 radical (unpaired) electrons. The standard InChI is InChI=1S/C15H28N2O/c1-14(7-5-4-6-8-14)13(18)17-11-9-15(2,16-3)10-12-17/h16H,4-12H2,1-3H3. The Balaban J connectivity index is 1.95. The van der Waals surface area contributed by atoms with Crippen molar-refractivity contribution in [2.24, 2.45) is 5.41 Å². The molecule has 0 atom stereocenters. The summed E-state index contributed by atoms with van der Waals surface area (Å²) in [6, 6.07) is 0. The molecule has 1 aliphatic carbocycles. The van der Waals surface area contributed by atoms with Crippen LogP contribution in [0.2, 0.25) is 0 Å². The molecule has 18 heavy (non-hydrogen) atoms. The molecular weight excluding hydrogens is 224 g/mol. The summed E-state index contributed by atoms with van der Waals surface area (Å²) in [5, 5.41) is 3.39. The first-order chi connectivity index (χ1) is 8.49. The molecule has 1 saturated carbocycles. The molecule has 0 bridgehead atoms. The largest absolute Gasteiger partial charge is 0.342 e. The van der Waals surface area contributed by atoms with Gasteiger partial charge in [-0.2, -0.15) is 0 Å². The molecule has 2 rings (SSSR count). The Morgan fingerprint density at radius 3 is 2.06 bits per heavy atom. The van der Waals surface area contributed by atoms with Crippen LogP contribution in [-0.4, -0.2) is 36.5 Å². The first-order valence-electron chi connectivity index (χ1n) is 7.47. The molecule has 1 N–H and O–H groups in total. The van der Waals surface area contributed by atoms with Crippen molar-refractivity contribution in [1.29, 1.82) is 0 Å². The summed E-state index contributed by atoms with van der Waals surface area (Å²) in [7, 11) is 2.03. The monoisotopic (exact) mass is 252 g/mol. The smallest absolute Gasteiger partial charge is 0.228 e.